The zero-order chi connectivity index (χ0) is 13.1. The Morgan fingerprint density at radius 2 is 2.22 bits per heavy atom. The van der Waals surface area contributed by atoms with E-state index in [9.17, 15) is 4.79 Å². The Bertz CT molecular complexity index is 290. The number of nitrogens with zero attached hydrogens (tertiary/aromatic N) is 1. The number of likely N-dealkylation sites (N-methyl/N-ethyl adjacent to an activating group) is 1. The van der Waals surface area contributed by atoms with Crippen molar-refractivity contribution in [2.75, 3.05) is 33.8 Å². The summed E-state index contributed by atoms with van der Waals surface area (Å²) in [5.74, 6) is 0.822. The summed E-state index contributed by atoms with van der Waals surface area (Å²) in [5.41, 5.74) is 0. The molecule has 3 atom stereocenters. The lowest BCUT2D eigenvalue weighted by atomic mass is 10.1. The van der Waals surface area contributed by atoms with E-state index in [1.807, 2.05) is 6.92 Å². The number of carbonyl (C=O) groups excluding carboxylic acids is 1. The topological polar surface area (TPSA) is 53.6 Å². The molecule has 2 N–H and O–H groups in total. The second-order valence-corrected chi connectivity index (χ2v) is 5.62. The monoisotopic (exact) mass is 255 g/mol. The maximum atomic E-state index is 12.1. The molecule has 1 amide bonds. The Labute approximate surface area is 109 Å². The summed E-state index contributed by atoms with van der Waals surface area (Å²) in [7, 11) is 4.17. The van der Waals surface area contributed by atoms with E-state index in [1.165, 1.54) is 12.8 Å². The van der Waals surface area contributed by atoms with Crippen molar-refractivity contribution < 1.29 is 9.53 Å². The number of morpholine rings is 1. The molecule has 2 aliphatic rings. The minimum absolute atomic E-state index is 0.0440. The minimum Gasteiger partial charge on any atom is -0.375 e. The molecule has 0 spiro atoms. The summed E-state index contributed by atoms with van der Waals surface area (Å²) in [5, 5.41) is 6.28. The molecule has 2 fully saturated rings. The van der Waals surface area contributed by atoms with Gasteiger partial charge in [-0.15, -0.1) is 0 Å². The van der Waals surface area contributed by atoms with Gasteiger partial charge in [-0.1, -0.05) is 0 Å². The summed E-state index contributed by atoms with van der Waals surface area (Å²) < 4.78 is 5.49. The highest BCUT2D eigenvalue weighted by Crippen LogP contribution is 2.34. The van der Waals surface area contributed by atoms with E-state index in [0.717, 1.165) is 19.0 Å². The lowest BCUT2D eigenvalue weighted by Crippen LogP contribution is -2.56. The van der Waals surface area contributed by atoms with E-state index in [0.29, 0.717) is 12.6 Å². The Morgan fingerprint density at radius 3 is 2.78 bits per heavy atom. The molecule has 1 aliphatic carbocycles. The molecular weight excluding hydrogens is 230 g/mol. The van der Waals surface area contributed by atoms with Crippen LogP contribution in [0, 0.1) is 5.92 Å². The van der Waals surface area contributed by atoms with E-state index in [2.05, 4.69) is 29.6 Å². The zero-order valence-corrected chi connectivity index (χ0v) is 11.6. The number of carbonyl (C=O) groups is 1. The Hall–Kier alpha value is -0.650. The molecule has 18 heavy (non-hydrogen) atoms. The van der Waals surface area contributed by atoms with Gasteiger partial charge in [0.1, 0.15) is 6.04 Å². The average molecular weight is 255 g/mol. The fourth-order valence-corrected chi connectivity index (χ4v) is 2.59. The average Bonchev–Trinajstić information content (AvgIpc) is 3.13. The number of amides is 1. The number of hydrogen-bond acceptors (Lipinski definition) is 4. The van der Waals surface area contributed by atoms with Gasteiger partial charge in [0.05, 0.1) is 12.7 Å². The lowest BCUT2D eigenvalue weighted by Gasteiger charge is -2.31. The SMILES string of the molecule is C[C@H]1OCCN[C@@H]1C(=O)NCC(C1CC1)N(C)C. The van der Waals surface area contributed by atoms with E-state index >= 15 is 0 Å². The summed E-state index contributed by atoms with van der Waals surface area (Å²) in [6.45, 7) is 4.12. The van der Waals surface area contributed by atoms with E-state index in [-0.39, 0.29) is 18.1 Å². The van der Waals surface area contributed by atoms with Crippen molar-refractivity contribution in [1.29, 1.82) is 0 Å². The van der Waals surface area contributed by atoms with Crippen molar-refractivity contribution in [1.82, 2.24) is 15.5 Å². The molecule has 5 nitrogen and oxygen atoms in total. The van der Waals surface area contributed by atoms with Gasteiger partial charge in [-0.25, -0.2) is 0 Å². The predicted molar refractivity (Wildman–Crippen MR) is 70.4 cm³/mol. The molecule has 104 valence electrons. The van der Waals surface area contributed by atoms with Crippen molar-refractivity contribution >= 4 is 5.91 Å². The number of hydrogen-bond donors (Lipinski definition) is 2. The van der Waals surface area contributed by atoms with Gasteiger partial charge in [0.2, 0.25) is 5.91 Å². The second-order valence-electron chi connectivity index (χ2n) is 5.62. The largest absolute Gasteiger partial charge is 0.375 e. The molecule has 0 aromatic rings. The quantitative estimate of drug-likeness (QED) is 0.715. The molecule has 1 saturated carbocycles. The normalized spacial score (nSPS) is 30.2. The van der Waals surface area contributed by atoms with Gasteiger partial charge in [0.15, 0.2) is 0 Å². The van der Waals surface area contributed by atoms with E-state index < -0.39 is 0 Å². The van der Waals surface area contributed by atoms with E-state index in [4.69, 9.17) is 4.74 Å². The first-order chi connectivity index (χ1) is 8.59. The van der Waals surface area contributed by atoms with Crippen LogP contribution in [-0.4, -0.2) is 62.8 Å². The van der Waals surface area contributed by atoms with Crippen LogP contribution < -0.4 is 10.6 Å². The van der Waals surface area contributed by atoms with Crippen molar-refractivity contribution in [2.45, 2.75) is 38.0 Å². The summed E-state index contributed by atoms with van der Waals surface area (Å²) in [6.07, 6.45) is 2.54. The van der Waals surface area contributed by atoms with Crippen LogP contribution in [0.2, 0.25) is 0 Å². The summed E-state index contributed by atoms with van der Waals surface area (Å²) in [6, 6.07) is 0.259. The first-order valence-corrected chi connectivity index (χ1v) is 6.88. The summed E-state index contributed by atoms with van der Waals surface area (Å²) >= 11 is 0. The fraction of sp³-hybridized carbons (Fsp3) is 0.923. The van der Waals surface area contributed by atoms with Crippen molar-refractivity contribution in [3.05, 3.63) is 0 Å². The molecule has 0 bridgehead atoms. The fourth-order valence-electron chi connectivity index (χ4n) is 2.59. The van der Waals surface area contributed by atoms with Crippen LogP contribution in [0.5, 0.6) is 0 Å². The van der Waals surface area contributed by atoms with Gasteiger partial charge >= 0.3 is 0 Å². The highest BCUT2D eigenvalue weighted by molar-refractivity contribution is 5.82. The second kappa shape index (κ2) is 5.99. The third-order valence-electron chi connectivity index (χ3n) is 3.91. The van der Waals surface area contributed by atoms with Crippen molar-refractivity contribution in [3.63, 3.8) is 0 Å². The van der Waals surface area contributed by atoms with Crippen molar-refractivity contribution in [3.8, 4) is 0 Å². The lowest BCUT2D eigenvalue weighted by molar-refractivity contribution is -0.129. The first-order valence-electron chi connectivity index (χ1n) is 6.88. The zero-order valence-electron chi connectivity index (χ0n) is 11.6. The van der Waals surface area contributed by atoms with Gasteiger partial charge in [0, 0.05) is 19.1 Å². The van der Waals surface area contributed by atoms with Gasteiger partial charge in [-0.3, -0.25) is 4.79 Å². The Morgan fingerprint density at radius 1 is 1.50 bits per heavy atom. The Balaban J connectivity index is 1.79. The number of ether oxygens (including phenoxy) is 1. The molecule has 0 aromatic heterocycles. The molecular formula is C13H25N3O2. The van der Waals surface area contributed by atoms with Gasteiger partial charge in [-0.2, -0.15) is 0 Å². The molecule has 5 heteroatoms. The smallest absolute Gasteiger partial charge is 0.239 e. The van der Waals surface area contributed by atoms with Crippen LogP contribution in [0.3, 0.4) is 0 Å². The third kappa shape index (κ3) is 3.43. The van der Waals surface area contributed by atoms with E-state index in [1.54, 1.807) is 0 Å². The third-order valence-corrected chi connectivity index (χ3v) is 3.91. The molecule has 1 aliphatic heterocycles. The van der Waals surface area contributed by atoms with Gasteiger partial charge in [0.25, 0.3) is 0 Å². The standard InChI is InChI=1S/C13H25N3O2/c1-9-12(14-6-7-18-9)13(17)15-8-11(16(2)3)10-4-5-10/h9-12,14H,4-8H2,1-3H3,(H,15,17)/t9-,11?,12+/m1/s1. The van der Waals surface area contributed by atoms with Gasteiger partial charge < -0.3 is 20.3 Å². The molecule has 1 heterocycles. The molecule has 0 radical (unpaired) electrons. The summed E-state index contributed by atoms with van der Waals surface area (Å²) in [4.78, 5) is 14.3. The minimum atomic E-state index is -0.208. The highest BCUT2D eigenvalue weighted by Gasteiger charge is 2.34. The van der Waals surface area contributed by atoms with Crippen LogP contribution in [0.4, 0.5) is 0 Å². The van der Waals surface area contributed by atoms with Gasteiger partial charge in [-0.05, 0) is 39.8 Å². The van der Waals surface area contributed by atoms with Crippen LogP contribution in [0.15, 0.2) is 0 Å². The number of nitrogens with one attached hydrogen (secondary N) is 2. The maximum absolute atomic E-state index is 12.1. The first kappa shape index (κ1) is 13.8. The van der Waals surface area contributed by atoms with Crippen molar-refractivity contribution in [2.24, 2.45) is 5.92 Å². The van der Waals surface area contributed by atoms with Crippen LogP contribution in [0.1, 0.15) is 19.8 Å². The molecule has 1 unspecified atom stereocenters. The molecule has 2 rings (SSSR count). The maximum Gasteiger partial charge on any atom is 0.239 e. The van der Waals surface area contributed by atoms with Crippen LogP contribution >= 0.6 is 0 Å². The predicted octanol–water partition coefficient (Wildman–Crippen LogP) is -0.180. The molecule has 0 aromatic carbocycles. The van der Waals surface area contributed by atoms with Crippen LogP contribution in [-0.2, 0) is 9.53 Å². The highest BCUT2D eigenvalue weighted by atomic mass is 16.5. The Kier molecular flexibility index (Phi) is 4.59. The van der Waals surface area contributed by atoms with Crippen LogP contribution in [0.25, 0.3) is 0 Å². The molecule has 1 saturated heterocycles. The number of rotatable bonds is 5.